The van der Waals surface area contributed by atoms with Crippen molar-refractivity contribution in [2.24, 2.45) is 0 Å². The van der Waals surface area contributed by atoms with Crippen LogP contribution in [0.25, 0.3) is 10.1 Å². The zero-order valence-corrected chi connectivity index (χ0v) is 12.5. The van der Waals surface area contributed by atoms with Crippen molar-refractivity contribution < 1.29 is 4.79 Å². The zero-order valence-electron chi connectivity index (χ0n) is 10.2. The largest absolute Gasteiger partial charge is 0.312 e. The molecule has 0 bridgehead atoms. The van der Waals surface area contributed by atoms with Crippen LogP contribution < -0.4 is 5.32 Å². The predicted octanol–water partition coefficient (Wildman–Crippen LogP) is 5.46. The predicted molar refractivity (Wildman–Crippen MR) is 86.2 cm³/mol. The van der Waals surface area contributed by atoms with Crippen molar-refractivity contribution in [2.75, 3.05) is 5.32 Å². The van der Waals surface area contributed by atoms with E-state index in [-0.39, 0.29) is 5.91 Å². The van der Waals surface area contributed by atoms with Gasteiger partial charge in [-0.1, -0.05) is 41.4 Å². The van der Waals surface area contributed by atoms with Crippen LogP contribution in [0.5, 0.6) is 0 Å². The molecule has 1 N–H and O–H groups in total. The molecule has 0 aliphatic rings. The van der Waals surface area contributed by atoms with Gasteiger partial charge in [-0.05, 0) is 30.3 Å². The summed E-state index contributed by atoms with van der Waals surface area (Å²) in [4.78, 5) is 12.1. The SMILES string of the molecule is O=C(Nc1sc2ccccc2c1Cl)c1ccc(Cl)cc1. The maximum Gasteiger partial charge on any atom is 0.256 e. The van der Waals surface area contributed by atoms with E-state index in [0.29, 0.717) is 20.6 Å². The van der Waals surface area contributed by atoms with Gasteiger partial charge in [0.15, 0.2) is 0 Å². The third kappa shape index (κ3) is 2.52. The van der Waals surface area contributed by atoms with Crippen molar-refractivity contribution >= 4 is 55.5 Å². The Morgan fingerprint density at radius 3 is 2.40 bits per heavy atom. The molecule has 5 heteroatoms. The topological polar surface area (TPSA) is 29.1 Å². The number of nitrogens with one attached hydrogen (secondary N) is 1. The lowest BCUT2D eigenvalue weighted by Gasteiger charge is -2.03. The number of anilines is 1. The van der Waals surface area contributed by atoms with E-state index in [1.165, 1.54) is 11.3 Å². The molecule has 0 saturated heterocycles. The lowest BCUT2D eigenvalue weighted by atomic mass is 10.2. The first-order valence-corrected chi connectivity index (χ1v) is 7.46. The minimum Gasteiger partial charge on any atom is -0.312 e. The molecule has 1 amide bonds. The molecular formula is C15H9Cl2NOS. The third-order valence-electron chi connectivity index (χ3n) is 2.87. The molecular weight excluding hydrogens is 313 g/mol. The molecule has 1 aromatic heterocycles. The normalized spacial score (nSPS) is 10.7. The van der Waals surface area contributed by atoms with Crippen molar-refractivity contribution in [1.29, 1.82) is 0 Å². The molecule has 20 heavy (non-hydrogen) atoms. The van der Waals surface area contributed by atoms with Crippen molar-refractivity contribution in [2.45, 2.75) is 0 Å². The Morgan fingerprint density at radius 2 is 1.70 bits per heavy atom. The second-order valence-corrected chi connectivity index (χ2v) is 6.07. The number of fused-ring (bicyclic) bond motifs is 1. The molecule has 2 nitrogen and oxygen atoms in total. The molecule has 0 atom stereocenters. The van der Waals surface area contributed by atoms with Crippen LogP contribution in [0.2, 0.25) is 10.0 Å². The molecule has 0 saturated carbocycles. The van der Waals surface area contributed by atoms with Gasteiger partial charge in [-0.3, -0.25) is 4.79 Å². The van der Waals surface area contributed by atoms with Crippen LogP contribution in [0.15, 0.2) is 48.5 Å². The number of halogens is 2. The summed E-state index contributed by atoms with van der Waals surface area (Å²) in [5.41, 5.74) is 0.544. The van der Waals surface area contributed by atoms with Crippen LogP contribution in [0.4, 0.5) is 5.00 Å². The second-order valence-electron chi connectivity index (χ2n) is 4.20. The van der Waals surface area contributed by atoms with E-state index in [1.54, 1.807) is 24.3 Å². The van der Waals surface area contributed by atoms with E-state index < -0.39 is 0 Å². The smallest absolute Gasteiger partial charge is 0.256 e. The van der Waals surface area contributed by atoms with Gasteiger partial charge in [-0.15, -0.1) is 11.3 Å². The number of amides is 1. The molecule has 0 aliphatic heterocycles. The number of carbonyl (C=O) groups is 1. The summed E-state index contributed by atoms with van der Waals surface area (Å²) < 4.78 is 1.05. The molecule has 0 aliphatic carbocycles. The Morgan fingerprint density at radius 1 is 1.00 bits per heavy atom. The Kier molecular flexibility index (Phi) is 3.66. The van der Waals surface area contributed by atoms with E-state index >= 15 is 0 Å². The number of hydrogen-bond acceptors (Lipinski definition) is 2. The fourth-order valence-corrected chi connectivity index (χ4v) is 3.37. The first-order chi connectivity index (χ1) is 9.65. The summed E-state index contributed by atoms with van der Waals surface area (Å²) in [7, 11) is 0. The standard InChI is InChI=1S/C15H9Cl2NOS/c16-10-7-5-9(6-8-10)14(19)18-15-13(17)11-3-1-2-4-12(11)20-15/h1-8H,(H,18,19). The van der Waals surface area contributed by atoms with Gasteiger partial charge in [0.25, 0.3) is 5.91 Å². The van der Waals surface area contributed by atoms with Gasteiger partial charge < -0.3 is 5.32 Å². The second kappa shape index (κ2) is 5.44. The van der Waals surface area contributed by atoms with E-state index in [4.69, 9.17) is 23.2 Å². The first kappa shape index (κ1) is 13.4. The molecule has 0 unspecified atom stereocenters. The summed E-state index contributed by atoms with van der Waals surface area (Å²) in [6.45, 7) is 0. The van der Waals surface area contributed by atoms with E-state index in [2.05, 4.69) is 5.32 Å². The van der Waals surface area contributed by atoms with Crippen LogP contribution >= 0.6 is 34.5 Å². The molecule has 2 aromatic carbocycles. The van der Waals surface area contributed by atoms with Crippen molar-refractivity contribution in [3.8, 4) is 0 Å². The van der Waals surface area contributed by atoms with Crippen LogP contribution in [-0.4, -0.2) is 5.91 Å². The summed E-state index contributed by atoms with van der Waals surface area (Å²) in [6, 6.07) is 14.5. The average molecular weight is 322 g/mol. The fourth-order valence-electron chi connectivity index (χ4n) is 1.87. The lowest BCUT2D eigenvalue weighted by Crippen LogP contribution is -2.10. The summed E-state index contributed by atoms with van der Waals surface area (Å²) >= 11 is 13.6. The maximum atomic E-state index is 12.1. The van der Waals surface area contributed by atoms with Gasteiger partial charge in [0.2, 0.25) is 0 Å². The van der Waals surface area contributed by atoms with E-state index in [9.17, 15) is 4.79 Å². The average Bonchev–Trinajstić information content (AvgIpc) is 2.77. The van der Waals surface area contributed by atoms with Gasteiger partial charge in [0.05, 0.1) is 5.02 Å². The highest BCUT2D eigenvalue weighted by Crippen LogP contribution is 2.39. The van der Waals surface area contributed by atoms with Crippen LogP contribution in [0.3, 0.4) is 0 Å². The number of thiophene rings is 1. The zero-order chi connectivity index (χ0) is 14.1. The first-order valence-electron chi connectivity index (χ1n) is 5.89. The minimum absolute atomic E-state index is 0.199. The molecule has 3 rings (SSSR count). The Balaban J connectivity index is 1.91. The maximum absolute atomic E-state index is 12.1. The van der Waals surface area contributed by atoms with E-state index in [1.807, 2.05) is 24.3 Å². The van der Waals surface area contributed by atoms with Gasteiger partial charge in [-0.25, -0.2) is 0 Å². The summed E-state index contributed by atoms with van der Waals surface area (Å²) in [5.74, 6) is -0.199. The fraction of sp³-hybridized carbons (Fsp3) is 0. The van der Waals surface area contributed by atoms with Crippen molar-refractivity contribution in [3.05, 3.63) is 64.1 Å². The monoisotopic (exact) mass is 321 g/mol. The Bertz CT molecular complexity index is 780. The van der Waals surface area contributed by atoms with Gasteiger partial charge in [0.1, 0.15) is 5.00 Å². The highest BCUT2D eigenvalue weighted by Gasteiger charge is 2.13. The number of hydrogen-bond donors (Lipinski definition) is 1. The highest BCUT2D eigenvalue weighted by molar-refractivity contribution is 7.23. The summed E-state index contributed by atoms with van der Waals surface area (Å²) in [5, 5.41) is 5.62. The third-order valence-corrected chi connectivity index (χ3v) is 4.71. The minimum atomic E-state index is -0.199. The molecule has 100 valence electrons. The quantitative estimate of drug-likeness (QED) is 0.667. The molecule has 1 heterocycles. The Hall–Kier alpha value is -1.55. The van der Waals surface area contributed by atoms with Crippen LogP contribution in [0, 0.1) is 0 Å². The molecule has 0 spiro atoms. The summed E-state index contributed by atoms with van der Waals surface area (Å²) in [6.07, 6.45) is 0. The van der Waals surface area contributed by atoms with Crippen molar-refractivity contribution in [3.63, 3.8) is 0 Å². The van der Waals surface area contributed by atoms with Gasteiger partial charge in [0, 0.05) is 20.7 Å². The van der Waals surface area contributed by atoms with Crippen LogP contribution in [0.1, 0.15) is 10.4 Å². The molecule has 3 aromatic rings. The number of rotatable bonds is 2. The molecule has 0 fully saturated rings. The molecule has 0 radical (unpaired) electrons. The Labute approximate surface area is 129 Å². The van der Waals surface area contributed by atoms with E-state index in [0.717, 1.165) is 10.1 Å². The van der Waals surface area contributed by atoms with Crippen LogP contribution in [-0.2, 0) is 0 Å². The van der Waals surface area contributed by atoms with Crippen molar-refractivity contribution in [1.82, 2.24) is 0 Å². The number of carbonyl (C=O) groups excluding carboxylic acids is 1. The highest BCUT2D eigenvalue weighted by atomic mass is 35.5. The lowest BCUT2D eigenvalue weighted by molar-refractivity contribution is 0.102. The van der Waals surface area contributed by atoms with Gasteiger partial charge >= 0.3 is 0 Å². The van der Waals surface area contributed by atoms with Gasteiger partial charge in [-0.2, -0.15) is 0 Å². The number of benzene rings is 2.